The molecule has 0 aliphatic carbocycles. The third-order valence-electron chi connectivity index (χ3n) is 4.91. The number of ether oxygens (including phenoxy) is 1. The molecular weight excluding hydrogens is 311 g/mol. The second-order valence-electron chi connectivity index (χ2n) is 6.57. The fraction of sp³-hybridized carbons (Fsp3) is 0.444. The van der Waals surface area contributed by atoms with Crippen molar-refractivity contribution in [2.24, 2.45) is 0 Å². The van der Waals surface area contributed by atoms with Crippen molar-refractivity contribution in [3.8, 4) is 11.3 Å². The van der Waals surface area contributed by atoms with Gasteiger partial charge in [0.15, 0.2) is 0 Å². The Bertz CT molecular complexity index is 780. The highest BCUT2D eigenvalue weighted by Crippen LogP contribution is 2.34. The van der Waals surface area contributed by atoms with Gasteiger partial charge in [-0.25, -0.2) is 4.39 Å². The van der Waals surface area contributed by atoms with Gasteiger partial charge in [0.25, 0.3) is 5.91 Å². The van der Waals surface area contributed by atoms with Gasteiger partial charge in [-0.15, -0.1) is 0 Å². The number of hydrogen-bond acceptors (Lipinski definition) is 4. The summed E-state index contributed by atoms with van der Waals surface area (Å²) in [4.78, 5) is 14.6. The average Bonchev–Trinajstić information content (AvgIpc) is 3.21. The van der Waals surface area contributed by atoms with Crippen molar-refractivity contribution in [2.45, 2.75) is 38.3 Å². The molecule has 5 nitrogen and oxygen atoms in total. The van der Waals surface area contributed by atoms with Crippen molar-refractivity contribution in [3.05, 3.63) is 41.4 Å². The summed E-state index contributed by atoms with van der Waals surface area (Å²) in [5, 5.41) is 4.05. The summed E-state index contributed by atoms with van der Waals surface area (Å²) in [5.41, 5.74) is 0.937. The molecule has 6 heteroatoms. The number of nitrogens with zero attached hydrogens (tertiary/aromatic N) is 2. The van der Waals surface area contributed by atoms with Gasteiger partial charge in [0.05, 0.1) is 6.54 Å². The Labute approximate surface area is 139 Å². The summed E-state index contributed by atoms with van der Waals surface area (Å²) in [7, 11) is 0. The van der Waals surface area contributed by atoms with Crippen LogP contribution >= 0.6 is 0 Å². The molecule has 0 spiro atoms. The van der Waals surface area contributed by atoms with Crippen LogP contribution in [-0.4, -0.2) is 34.7 Å². The zero-order chi connectivity index (χ0) is 16.7. The maximum Gasteiger partial charge on any atom is 0.254 e. The van der Waals surface area contributed by atoms with Crippen LogP contribution in [0.25, 0.3) is 11.3 Å². The maximum absolute atomic E-state index is 14.1. The number of aromatic nitrogens is 1. The Balaban J connectivity index is 1.64. The molecule has 1 fully saturated rings. The number of carbonyl (C=O) groups excluding carboxylic acids is 1. The highest BCUT2D eigenvalue weighted by molar-refractivity contribution is 5.85. The molecule has 0 N–H and O–H groups in total. The molecule has 2 aliphatic rings. The van der Waals surface area contributed by atoms with Gasteiger partial charge in [-0.05, 0) is 31.9 Å². The minimum absolute atomic E-state index is 0.00802. The number of amides is 1. The molecule has 0 radical (unpaired) electrons. The SMILES string of the molecule is C[C@]1(C(=O)N2CCc3onc(-c4ccccc4F)c3C2)CCCO1. The van der Waals surface area contributed by atoms with Crippen LogP contribution in [0.4, 0.5) is 4.39 Å². The highest BCUT2D eigenvalue weighted by Gasteiger charge is 2.42. The third-order valence-corrected chi connectivity index (χ3v) is 4.91. The Morgan fingerprint density at radius 2 is 2.21 bits per heavy atom. The lowest BCUT2D eigenvalue weighted by Crippen LogP contribution is -2.48. The number of halogens is 1. The van der Waals surface area contributed by atoms with Gasteiger partial charge < -0.3 is 14.2 Å². The summed E-state index contributed by atoms with van der Waals surface area (Å²) in [5.74, 6) is 0.379. The molecular formula is C18H19FN2O3. The first kappa shape index (κ1) is 15.3. The van der Waals surface area contributed by atoms with Gasteiger partial charge in [-0.1, -0.05) is 17.3 Å². The molecule has 4 rings (SSSR count). The lowest BCUT2D eigenvalue weighted by Gasteiger charge is -2.33. The van der Waals surface area contributed by atoms with Crippen LogP contribution < -0.4 is 0 Å². The molecule has 0 bridgehead atoms. The maximum atomic E-state index is 14.1. The van der Waals surface area contributed by atoms with Crippen molar-refractivity contribution >= 4 is 5.91 Å². The van der Waals surface area contributed by atoms with E-state index in [1.807, 2.05) is 6.92 Å². The van der Waals surface area contributed by atoms with Crippen LogP contribution in [0.1, 0.15) is 31.1 Å². The van der Waals surface area contributed by atoms with E-state index in [9.17, 15) is 9.18 Å². The second kappa shape index (κ2) is 5.70. The molecule has 1 atom stereocenters. The molecule has 2 aromatic rings. The van der Waals surface area contributed by atoms with Crippen LogP contribution in [-0.2, 0) is 22.5 Å². The zero-order valence-corrected chi connectivity index (χ0v) is 13.5. The number of hydrogen-bond donors (Lipinski definition) is 0. The van der Waals surface area contributed by atoms with E-state index in [-0.39, 0.29) is 11.7 Å². The number of benzene rings is 1. The van der Waals surface area contributed by atoms with Gasteiger partial charge >= 0.3 is 0 Å². The van der Waals surface area contributed by atoms with Crippen molar-refractivity contribution in [1.82, 2.24) is 10.1 Å². The summed E-state index contributed by atoms with van der Waals surface area (Å²) in [6.07, 6.45) is 2.21. The van der Waals surface area contributed by atoms with E-state index in [4.69, 9.17) is 9.26 Å². The molecule has 1 aromatic carbocycles. The van der Waals surface area contributed by atoms with Gasteiger partial charge in [-0.2, -0.15) is 0 Å². The predicted molar refractivity (Wildman–Crippen MR) is 84.6 cm³/mol. The molecule has 1 aromatic heterocycles. The first-order valence-corrected chi connectivity index (χ1v) is 8.24. The van der Waals surface area contributed by atoms with E-state index in [0.29, 0.717) is 37.4 Å². The molecule has 3 heterocycles. The second-order valence-corrected chi connectivity index (χ2v) is 6.57. The van der Waals surface area contributed by atoms with Crippen molar-refractivity contribution < 1.29 is 18.4 Å². The predicted octanol–water partition coefficient (Wildman–Crippen LogP) is 2.93. The highest BCUT2D eigenvalue weighted by atomic mass is 19.1. The van der Waals surface area contributed by atoms with E-state index in [0.717, 1.165) is 24.2 Å². The lowest BCUT2D eigenvalue weighted by molar-refractivity contribution is -0.152. The lowest BCUT2D eigenvalue weighted by atomic mass is 9.97. The number of rotatable bonds is 2. The van der Waals surface area contributed by atoms with Crippen LogP contribution in [0.5, 0.6) is 0 Å². The summed E-state index contributed by atoms with van der Waals surface area (Å²) in [6, 6.07) is 6.48. The summed E-state index contributed by atoms with van der Waals surface area (Å²) < 4.78 is 25.2. The Hall–Kier alpha value is -2.21. The first-order chi connectivity index (χ1) is 11.6. The molecule has 24 heavy (non-hydrogen) atoms. The first-order valence-electron chi connectivity index (χ1n) is 8.24. The molecule has 0 saturated carbocycles. The molecule has 2 aliphatic heterocycles. The molecule has 1 amide bonds. The van der Waals surface area contributed by atoms with E-state index in [1.54, 1.807) is 23.1 Å². The van der Waals surface area contributed by atoms with E-state index in [2.05, 4.69) is 5.16 Å². The van der Waals surface area contributed by atoms with Gasteiger partial charge in [0, 0.05) is 30.7 Å². The Morgan fingerprint density at radius 1 is 1.38 bits per heavy atom. The fourth-order valence-electron chi connectivity index (χ4n) is 3.53. The average molecular weight is 330 g/mol. The Morgan fingerprint density at radius 3 is 2.96 bits per heavy atom. The van der Waals surface area contributed by atoms with Gasteiger partial charge in [0.2, 0.25) is 0 Å². The minimum Gasteiger partial charge on any atom is -0.365 e. The standard InChI is InChI=1S/C18H19FN2O3/c1-18(8-4-10-23-18)17(22)21-9-7-15-13(11-21)16(20-24-15)12-5-2-3-6-14(12)19/h2-3,5-6H,4,7-11H2,1H3/t18-/m1/s1. The van der Waals surface area contributed by atoms with E-state index < -0.39 is 5.60 Å². The van der Waals surface area contributed by atoms with E-state index in [1.165, 1.54) is 6.07 Å². The van der Waals surface area contributed by atoms with Crippen LogP contribution in [0, 0.1) is 5.82 Å². The molecule has 1 saturated heterocycles. The van der Waals surface area contributed by atoms with Crippen LogP contribution in [0.15, 0.2) is 28.8 Å². The van der Waals surface area contributed by atoms with Crippen molar-refractivity contribution in [1.29, 1.82) is 0 Å². The van der Waals surface area contributed by atoms with Crippen LogP contribution in [0.2, 0.25) is 0 Å². The normalized spacial score (nSPS) is 23.3. The van der Waals surface area contributed by atoms with Crippen LogP contribution in [0.3, 0.4) is 0 Å². The molecule has 0 unspecified atom stereocenters. The van der Waals surface area contributed by atoms with Crippen molar-refractivity contribution in [2.75, 3.05) is 13.2 Å². The zero-order valence-electron chi connectivity index (χ0n) is 13.5. The van der Waals surface area contributed by atoms with Crippen molar-refractivity contribution in [3.63, 3.8) is 0 Å². The Kier molecular flexibility index (Phi) is 3.64. The van der Waals surface area contributed by atoms with Gasteiger partial charge in [0.1, 0.15) is 22.9 Å². The molecule has 126 valence electrons. The number of fused-ring (bicyclic) bond motifs is 1. The monoisotopic (exact) mass is 330 g/mol. The van der Waals surface area contributed by atoms with Gasteiger partial charge in [-0.3, -0.25) is 4.79 Å². The largest absolute Gasteiger partial charge is 0.365 e. The third kappa shape index (κ3) is 2.41. The smallest absolute Gasteiger partial charge is 0.254 e. The fourth-order valence-corrected chi connectivity index (χ4v) is 3.53. The summed E-state index contributed by atoms with van der Waals surface area (Å²) in [6.45, 7) is 3.41. The topological polar surface area (TPSA) is 55.6 Å². The van der Waals surface area contributed by atoms with E-state index >= 15 is 0 Å². The number of carbonyl (C=O) groups is 1. The minimum atomic E-state index is -0.743. The quantitative estimate of drug-likeness (QED) is 0.849. The summed E-state index contributed by atoms with van der Waals surface area (Å²) >= 11 is 0.